The standard InChI is InChI=1S/C20H17NO5S/c1-24-14-4-2-12(3-5-14)9-26-17(22)16-11-27-19-20(18(23)21(16)19)8-15(20)13-6-7-25-10-13/h2-7,10-11,15,19H,8-9H2,1H3/t15-,19-,20+/m1/s1. The molecule has 0 bridgehead atoms. The highest BCUT2D eigenvalue weighted by molar-refractivity contribution is 8.03. The summed E-state index contributed by atoms with van der Waals surface area (Å²) in [5.74, 6) is 0.470. The topological polar surface area (TPSA) is 69.0 Å². The van der Waals surface area contributed by atoms with Gasteiger partial charge in [0.25, 0.3) is 0 Å². The molecule has 6 nitrogen and oxygen atoms in total. The third kappa shape index (κ3) is 2.34. The van der Waals surface area contributed by atoms with Gasteiger partial charge in [-0.25, -0.2) is 4.79 Å². The van der Waals surface area contributed by atoms with Crippen molar-refractivity contribution in [3.8, 4) is 5.75 Å². The van der Waals surface area contributed by atoms with Crippen LogP contribution in [0.25, 0.3) is 0 Å². The van der Waals surface area contributed by atoms with Crippen molar-refractivity contribution < 1.29 is 23.5 Å². The number of carbonyl (C=O) groups is 2. The number of rotatable bonds is 5. The molecule has 1 aliphatic carbocycles. The van der Waals surface area contributed by atoms with Gasteiger partial charge in [-0.2, -0.15) is 0 Å². The Morgan fingerprint density at radius 2 is 2.15 bits per heavy atom. The number of furan rings is 1. The summed E-state index contributed by atoms with van der Waals surface area (Å²) < 4.78 is 15.7. The van der Waals surface area contributed by atoms with Gasteiger partial charge >= 0.3 is 5.97 Å². The first-order valence-corrected chi connectivity index (χ1v) is 9.61. The average Bonchev–Trinajstić information content (AvgIpc) is 3.09. The normalized spacial score (nSPS) is 27.8. The molecule has 5 rings (SSSR count). The van der Waals surface area contributed by atoms with E-state index in [1.54, 1.807) is 29.9 Å². The Balaban J connectivity index is 1.23. The van der Waals surface area contributed by atoms with Crippen molar-refractivity contribution in [2.45, 2.75) is 24.3 Å². The maximum atomic E-state index is 12.8. The Morgan fingerprint density at radius 3 is 2.85 bits per heavy atom. The number of carbonyl (C=O) groups excluding carboxylic acids is 2. The maximum absolute atomic E-state index is 12.8. The number of esters is 1. The zero-order valence-corrected chi connectivity index (χ0v) is 15.4. The molecule has 27 heavy (non-hydrogen) atoms. The predicted octanol–water partition coefficient (Wildman–Crippen LogP) is 3.26. The van der Waals surface area contributed by atoms with E-state index in [0.717, 1.165) is 23.3 Å². The van der Waals surface area contributed by atoms with Crippen LogP contribution in [0.15, 0.2) is 58.4 Å². The number of fused-ring (bicyclic) bond motifs is 2. The smallest absolute Gasteiger partial charge is 0.355 e. The summed E-state index contributed by atoms with van der Waals surface area (Å²) in [5.41, 5.74) is 1.87. The van der Waals surface area contributed by atoms with Crippen molar-refractivity contribution >= 4 is 23.6 Å². The molecular weight excluding hydrogens is 366 g/mol. The largest absolute Gasteiger partial charge is 0.497 e. The maximum Gasteiger partial charge on any atom is 0.355 e. The highest BCUT2D eigenvalue weighted by atomic mass is 32.2. The second-order valence-electron chi connectivity index (χ2n) is 6.94. The molecule has 1 aromatic carbocycles. The summed E-state index contributed by atoms with van der Waals surface area (Å²) in [4.78, 5) is 26.9. The van der Waals surface area contributed by atoms with E-state index in [1.165, 1.54) is 11.8 Å². The Hall–Kier alpha value is -2.67. The summed E-state index contributed by atoms with van der Waals surface area (Å²) >= 11 is 1.52. The SMILES string of the molecule is COc1ccc(COC(=O)C2=CS[C@H]3N2C(=O)[C@@]32C[C@@H]2c2ccoc2)cc1. The fourth-order valence-corrected chi connectivity index (χ4v) is 5.37. The fourth-order valence-electron chi connectivity index (χ4n) is 3.97. The minimum absolute atomic E-state index is 0.0105. The van der Waals surface area contributed by atoms with Crippen molar-refractivity contribution in [3.05, 3.63) is 65.1 Å². The molecule has 2 aromatic rings. The zero-order valence-electron chi connectivity index (χ0n) is 14.6. The van der Waals surface area contributed by atoms with Crippen molar-refractivity contribution in [2.75, 3.05) is 7.11 Å². The van der Waals surface area contributed by atoms with E-state index in [0.29, 0.717) is 5.70 Å². The van der Waals surface area contributed by atoms with Crippen LogP contribution in [0, 0.1) is 5.41 Å². The third-order valence-corrected chi connectivity index (χ3v) is 6.80. The van der Waals surface area contributed by atoms with E-state index in [-0.39, 0.29) is 29.2 Å². The Kier molecular flexibility index (Phi) is 3.62. The Morgan fingerprint density at radius 1 is 1.33 bits per heavy atom. The molecule has 1 amide bonds. The van der Waals surface area contributed by atoms with E-state index < -0.39 is 5.97 Å². The van der Waals surface area contributed by atoms with Gasteiger partial charge in [0, 0.05) is 11.3 Å². The van der Waals surface area contributed by atoms with Crippen LogP contribution >= 0.6 is 11.8 Å². The summed E-state index contributed by atoms with van der Waals surface area (Å²) in [7, 11) is 1.60. The van der Waals surface area contributed by atoms with Crippen molar-refractivity contribution in [3.63, 3.8) is 0 Å². The first-order valence-electron chi connectivity index (χ1n) is 8.66. The molecular formula is C20H17NO5S. The van der Waals surface area contributed by atoms with Gasteiger partial charge in [-0.3, -0.25) is 9.69 Å². The number of benzene rings is 1. The lowest BCUT2D eigenvalue weighted by atomic mass is 9.89. The van der Waals surface area contributed by atoms with Gasteiger partial charge in [0.15, 0.2) is 0 Å². The minimum Gasteiger partial charge on any atom is -0.497 e. The van der Waals surface area contributed by atoms with Gasteiger partial charge < -0.3 is 13.9 Å². The van der Waals surface area contributed by atoms with Crippen molar-refractivity contribution in [1.29, 1.82) is 0 Å². The number of amides is 1. The lowest BCUT2D eigenvalue weighted by Gasteiger charge is -2.44. The zero-order chi connectivity index (χ0) is 18.6. The number of hydrogen-bond donors (Lipinski definition) is 0. The van der Waals surface area contributed by atoms with Gasteiger partial charge in [0.1, 0.15) is 23.4 Å². The van der Waals surface area contributed by atoms with Crippen molar-refractivity contribution in [1.82, 2.24) is 4.90 Å². The number of nitrogens with zero attached hydrogens (tertiary/aromatic N) is 1. The van der Waals surface area contributed by atoms with Crippen molar-refractivity contribution in [2.24, 2.45) is 5.41 Å². The Labute approximate surface area is 160 Å². The van der Waals surface area contributed by atoms with Gasteiger partial charge in [0.05, 0.1) is 25.1 Å². The van der Waals surface area contributed by atoms with E-state index in [4.69, 9.17) is 13.9 Å². The monoisotopic (exact) mass is 383 g/mol. The van der Waals surface area contributed by atoms with E-state index >= 15 is 0 Å². The minimum atomic E-state index is -0.468. The van der Waals surface area contributed by atoms with Crippen LogP contribution in [0.2, 0.25) is 0 Å². The van der Waals surface area contributed by atoms with Crippen LogP contribution in [-0.2, 0) is 20.9 Å². The van der Waals surface area contributed by atoms with Gasteiger partial charge in [-0.1, -0.05) is 12.1 Å². The number of thioether (sulfide) groups is 1. The first kappa shape index (κ1) is 16.5. The molecule has 1 saturated heterocycles. The van der Waals surface area contributed by atoms with Crippen LogP contribution in [0.4, 0.5) is 0 Å². The van der Waals surface area contributed by atoms with Gasteiger partial charge in [-0.05, 0) is 35.7 Å². The van der Waals surface area contributed by atoms with Gasteiger partial charge in [-0.15, -0.1) is 11.8 Å². The second kappa shape index (κ2) is 5.92. The fraction of sp³-hybridized carbons (Fsp3) is 0.300. The summed E-state index contributed by atoms with van der Waals surface area (Å²) in [6.45, 7) is 0.153. The molecule has 2 aliphatic heterocycles. The quantitative estimate of drug-likeness (QED) is 0.583. The average molecular weight is 383 g/mol. The molecule has 1 saturated carbocycles. The highest BCUT2D eigenvalue weighted by Crippen LogP contribution is 2.73. The van der Waals surface area contributed by atoms with Crippen LogP contribution in [0.5, 0.6) is 5.75 Å². The van der Waals surface area contributed by atoms with E-state index in [9.17, 15) is 9.59 Å². The van der Waals surface area contributed by atoms with Gasteiger partial charge in [0.2, 0.25) is 5.91 Å². The predicted molar refractivity (Wildman–Crippen MR) is 97.6 cm³/mol. The molecule has 3 heterocycles. The second-order valence-corrected chi connectivity index (χ2v) is 7.90. The molecule has 138 valence electrons. The first-order chi connectivity index (χ1) is 13.1. The van der Waals surface area contributed by atoms with Crippen LogP contribution in [0.1, 0.15) is 23.5 Å². The number of ether oxygens (including phenoxy) is 2. The molecule has 1 aromatic heterocycles. The number of methoxy groups -OCH3 is 1. The van der Waals surface area contributed by atoms with E-state index in [1.807, 2.05) is 30.3 Å². The molecule has 3 aliphatic rings. The lowest BCUT2D eigenvalue weighted by Crippen LogP contribution is -2.59. The molecule has 1 spiro atoms. The summed E-state index contributed by atoms with van der Waals surface area (Å²) in [5, 5.41) is 1.73. The number of hydrogen-bond acceptors (Lipinski definition) is 6. The summed E-state index contributed by atoms with van der Waals surface area (Å²) in [6, 6.07) is 9.23. The number of β-lactam (4-membered cyclic amide) rings is 1. The molecule has 3 atom stereocenters. The molecule has 2 fully saturated rings. The Bertz CT molecular complexity index is 936. The molecule has 0 N–H and O–H groups in total. The highest BCUT2D eigenvalue weighted by Gasteiger charge is 2.77. The molecule has 7 heteroatoms. The van der Waals surface area contributed by atoms with E-state index in [2.05, 4.69) is 0 Å². The molecule has 0 radical (unpaired) electrons. The third-order valence-electron chi connectivity index (χ3n) is 5.55. The lowest BCUT2D eigenvalue weighted by molar-refractivity contribution is -0.156. The summed E-state index contributed by atoms with van der Waals surface area (Å²) in [6.07, 6.45) is 4.14. The van der Waals surface area contributed by atoms with Crippen LogP contribution in [0.3, 0.4) is 0 Å². The molecule has 0 unspecified atom stereocenters. The van der Waals surface area contributed by atoms with Crippen LogP contribution < -0.4 is 4.74 Å². The van der Waals surface area contributed by atoms with Crippen LogP contribution in [-0.4, -0.2) is 29.3 Å².